The van der Waals surface area contributed by atoms with E-state index in [2.05, 4.69) is 13.8 Å². The van der Waals surface area contributed by atoms with Crippen LogP contribution >= 0.6 is 0 Å². The third-order valence-electron chi connectivity index (χ3n) is 2.58. The van der Waals surface area contributed by atoms with Crippen LogP contribution in [0.4, 0.5) is 0 Å². The van der Waals surface area contributed by atoms with E-state index in [9.17, 15) is 0 Å². The van der Waals surface area contributed by atoms with Gasteiger partial charge in [0.25, 0.3) is 0 Å². The second-order valence-corrected chi connectivity index (χ2v) is 5.03. The summed E-state index contributed by atoms with van der Waals surface area (Å²) >= 11 is 0. The number of benzene rings is 1. The second-order valence-electron chi connectivity index (χ2n) is 5.03. The van der Waals surface area contributed by atoms with Crippen LogP contribution in [0.1, 0.15) is 32.4 Å². The molecular formula is C15H25NO2. The van der Waals surface area contributed by atoms with Gasteiger partial charge in [0.2, 0.25) is 0 Å². The molecule has 0 radical (unpaired) electrons. The molecule has 0 aliphatic heterocycles. The highest BCUT2D eigenvalue weighted by Gasteiger charge is 2.16. The fourth-order valence-corrected chi connectivity index (χ4v) is 1.75. The smallest absolute Gasteiger partial charge is 0.0974 e. The van der Waals surface area contributed by atoms with Crippen molar-refractivity contribution >= 4 is 0 Å². The van der Waals surface area contributed by atoms with Gasteiger partial charge in [0, 0.05) is 12.6 Å². The molecule has 0 spiro atoms. The molecule has 2 atom stereocenters. The van der Waals surface area contributed by atoms with E-state index >= 15 is 0 Å². The maximum absolute atomic E-state index is 5.97. The lowest BCUT2D eigenvalue weighted by molar-refractivity contribution is -0.00957. The second kappa shape index (κ2) is 8.25. The van der Waals surface area contributed by atoms with E-state index in [0.29, 0.717) is 19.1 Å². The Morgan fingerprint density at radius 1 is 1.06 bits per heavy atom. The van der Waals surface area contributed by atoms with Gasteiger partial charge in [0.15, 0.2) is 0 Å². The van der Waals surface area contributed by atoms with Gasteiger partial charge in [-0.3, -0.25) is 0 Å². The highest BCUT2D eigenvalue weighted by Crippen LogP contribution is 2.19. The molecule has 1 aromatic rings. The fraction of sp³-hybridized carbons (Fsp3) is 0.600. The van der Waals surface area contributed by atoms with Crippen molar-refractivity contribution in [3.05, 3.63) is 35.9 Å². The average molecular weight is 251 g/mol. The molecule has 3 nitrogen and oxygen atoms in total. The highest BCUT2D eigenvalue weighted by atomic mass is 16.5. The minimum Gasteiger partial charge on any atom is -0.379 e. The normalized spacial score (nSPS) is 14.7. The molecule has 2 N–H and O–H groups in total. The summed E-state index contributed by atoms with van der Waals surface area (Å²) in [7, 11) is 0. The number of nitrogens with two attached hydrogens (primary N) is 1. The van der Waals surface area contributed by atoms with E-state index in [1.807, 2.05) is 37.3 Å². The van der Waals surface area contributed by atoms with Crippen LogP contribution in [-0.4, -0.2) is 25.9 Å². The number of hydrogen-bond acceptors (Lipinski definition) is 3. The molecule has 0 bridgehead atoms. The number of hydrogen-bond donors (Lipinski definition) is 1. The molecule has 1 aromatic carbocycles. The van der Waals surface area contributed by atoms with E-state index in [1.54, 1.807) is 0 Å². The summed E-state index contributed by atoms with van der Waals surface area (Å²) < 4.78 is 11.3. The van der Waals surface area contributed by atoms with Crippen LogP contribution in [0.15, 0.2) is 30.3 Å². The number of rotatable bonds is 8. The largest absolute Gasteiger partial charge is 0.379 e. The van der Waals surface area contributed by atoms with E-state index < -0.39 is 0 Å². The molecule has 0 saturated heterocycles. The van der Waals surface area contributed by atoms with Crippen LogP contribution in [0.2, 0.25) is 0 Å². The van der Waals surface area contributed by atoms with Crippen LogP contribution in [0, 0.1) is 5.92 Å². The van der Waals surface area contributed by atoms with Crippen LogP contribution < -0.4 is 5.73 Å². The summed E-state index contributed by atoms with van der Waals surface area (Å²) in [6.07, 6.45) is -0.0613. The maximum Gasteiger partial charge on any atom is 0.0974 e. The van der Waals surface area contributed by atoms with Gasteiger partial charge in [-0.05, 0) is 18.4 Å². The average Bonchev–Trinajstić information content (AvgIpc) is 2.34. The van der Waals surface area contributed by atoms with Gasteiger partial charge in [-0.15, -0.1) is 0 Å². The van der Waals surface area contributed by atoms with Crippen LogP contribution in [-0.2, 0) is 9.47 Å². The summed E-state index contributed by atoms with van der Waals surface area (Å²) in [4.78, 5) is 0. The molecule has 0 aromatic heterocycles. The van der Waals surface area contributed by atoms with Gasteiger partial charge < -0.3 is 15.2 Å². The van der Waals surface area contributed by atoms with Crippen molar-refractivity contribution in [3.63, 3.8) is 0 Å². The van der Waals surface area contributed by atoms with Crippen LogP contribution in [0.5, 0.6) is 0 Å². The Kier molecular flexibility index (Phi) is 6.94. The van der Waals surface area contributed by atoms with Gasteiger partial charge in [-0.2, -0.15) is 0 Å². The lowest BCUT2D eigenvalue weighted by atomic mass is 10.0. The van der Waals surface area contributed by atoms with Gasteiger partial charge in [-0.1, -0.05) is 44.2 Å². The quantitative estimate of drug-likeness (QED) is 0.723. The molecule has 0 aliphatic rings. The lowest BCUT2D eigenvalue weighted by Crippen LogP contribution is -2.28. The van der Waals surface area contributed by atoms with Crippen molar-refractivity contribution in [1.29, 1.82) is 0 Å². The Labute approximate surface area is 110 Å². The van der Waals surface area contributed by atoms with Crippen molar-refractivity contribution in [3.8, 4) is 0 Å². The van der Waals surface area contributed by atoms with E-state index in [4.69, 9.17) is 15.2 Å². The number of ether oxygens (including phenoxy) is 2. The first-order valence-corrected chi connectivity index (χ1v) is 6.61. The third kappa shape index (κ3) is 5.63. The maximum atomic E-state index is 5.97. The fourth-order valence-electron chi connectivity index (χ4n) is 1.75. The van der Waals surface area contributed by atoms with Crippen molar-refractivity contribution in [2.45, 2.75) is 32.9 Å². The lowest BCUT2D eigenvalue weighted by Gasteiger charge is -2.22. The third-order valence-corrected chi connectivity index (χ3v) is 2.58. The van der Waals surface area contributed by atoms with Crippen molar-refractivity contribution < 1.29 is 9.47 Å². The molecule has 0 saturated carbocycles. The van der Waals surface area contributed by atoms with Gasteiger partial charge in [-0.25, -0.2) is 0 Å². The van der Waals surface area contributed by atoms with Gasteiger partial charge in [0.05, 0.1) is 19.3 Å². The first-order valence-electron chi connectivity index (χ1n) is 6.61. The van der Waals surface area contributed by atoms with E-state index in [-0.39, 0.29) is 12.1 Å². The predicted octanol–water partition coefficient (Wildman–Crippen LogP) is 2.76. The Morgan fingerprint density at radius 3 is 2.28 bits per heavy atom. The van der Waals surface area contributed by atoms with Gasteiger partial charge in [0.1, 0.15) is 0 Å². The van der Waals surface area contributed by atoms with Crippen molar-refractivity contribution in [2.24, 2.45) is 11.7 Å². The molecule has 0 amide bonds. The predicted molar refractivity (Wildman–Crippen MR) is 74.4 cm³/mol. The Bertz CT molecular complexity index is 312. The SMILES string of the molecule is CC(C)COCCOC(c1ccccc1)C(C)N. The summed E-state index contributed by atoms with van der Waals surface area (Å²) in [6.45, 7) is 8.21. The van der Waals surface area contributed by atoms with Gasteiger partial charge >= 0.3 is 0 Å². The molecule has 3 heteroatoms. The zero-order valence-electron chi connectivity index (χ0n) is 11.6. The molecular weight excluding hydrogens is 226 g/mol. The van der Waals surface area contributed by atoms with Crippen molar-refractivity contribution in [1.82, 2.24) is 0 Å². The van der Waals surface area contributed by atoms with E-state index in [0.717, 1.165) is 12.2 Å². The molecule has 18 heavy (non-hydrogen) atoms. The first-order chi connectivity index (χ1) is 8.61. The molecule has 102 valence electrons. The Hall–Kier alpha value is -0.900. The molecule has 0 heterocycles. The highest BCUT2D eigenvalue weighted by molar-refractivity contribution is 5.18. The first kappa shape index (κ1) is 15.2. The minimum absolute atomic E-state index is 0.0301. The summed E-state index contributed by atoms with van der Waals surface area (Å²) in [6, 6.07) is 10.1. The van der Waals surface area contributed by atoms with Crippen LogP contribution in [0.25, 0.3) is 0 Å². The molecule has 0 fully saturated rings. The van der Waals surface area contributed by atoms with Crippen molar-refractivity contribution in [2.75, 3.05) is 19.8 Å². The topological polar surface area (TPSA) is 44.5 Å². The minimum atomic E-state index is -0.0613. The monoisotopic (exact) mass is 251 g/mol. The zero-order valence-corrected chi connectivity index (χ0v) is 11.6. The molecule has 2 unspecified atom stereocenters. The van der Waals surface area contributed by atoms with E-state index in [1.165, 1.54) is 0 Å². The standard InChI is InChI=1S/C15H25NO2/c1-12(2)11-17-9-10-18-15(13(3)16)14-7-5-4-6-8-14/h4-8,12-13,15H,9-11,16H2,1-3H3. The Morgan fingerprint density at radius 2 is 1.72 bits per heavy atom. The summed E-state index contributed by atoms with van der Waals surface area (Å²) in [5, 5.41) is 0. The zero-order chi connectivity index (χ0) is 13.4. The van der Waals surface area contributed by atoms with Crippen LogP contribution in [0.3, 0.4) is 0 Å². The Balaban J connectivity index is 2.36. The summed E-state index contributed by atoms with van der Waals surface area (Å²) in [5.41, 5.74) is 7.09. The molecule has 0 aliphatic carbocycles. The summed E-state index contributed by atoms with van der Waals surface area (Å²) in [5.74, 6) is 0.559. The molecule has 1 rings (SSSR count).